The Morgan fingerprint density at radius 1 is 0.750 bits per heavy atom. The Balaban J connectivity index is 1.68. The molecule has 1 aliphatic rings. The molecule has 0 aliphatic carbocycles. The van der Waals surface area contributed by atoms with E-state index in [1.807, 2.05) is 0 Å². The van der Waals surface area contributed by atoms with E-state index in [0.29, 0.717) is 0 Å². The minimum atomic E-state index is 0.755. The average molecular weight is 370 g/mol. The molecule has 0 radical (unpaired) electrons. The van der Waals surface area contributed by atoms with Crippen molar-refractivity contribution in [2.24, 2.45) is 0 Å². The van der Waals surface area contributed by atoms with Crippen LogP contribution < -0.4 is 4.74 Å². The number of benzene rings is 3. The molecule has 142 valence electrons. The highest BCUT2D eigenvalue weighted by Crippen LogP contribution is 2.34. The van der Waals surface area contributed by atoms with E-state index in [2.05, 4.69) is 96.8 Å². The predicted octanol–water partition coefficient (Wildman–Crippen LogP) is 5.75. The Kier molecular flexibility index (Phi) is 5.89. The number of ether oxygens (including phenoxy) is 1. The quantitative estimate of drug-likeness (QED) is 0.370. The second-order valence-electron chi connectivity index (χ2n) is 7.15. The first kappa shape index (κ1) is 18.5. The molecule has 2 nitrogen and oxygen atoms in total. The van der Waals surface area contributed by atoms with E-state index < -0.39 is 0 Å². The van der Waals surface area contributed by atoms with Gasteiger partial charge in [0.05, 0.1) is 0 Å². The first-order valence-corrected chi connectivity index (χ1v) is 10.1. The summed E-state index contributed by atoms with van der Waals surface area (Å²) < 4.78 is 5.91. The summed E-state index contributed by atoms with van der Waals surface area (Å²) in [6, 6.07) is 29.9. The molecule has 1 fully saturated rings. The summed E-state index contributed by atoms with van der Waals surface area (Å²) in [4.78, 5) is 2.37. The average Bonchev–Trinajstić information content (AvgIpc) is 3.58. The fourth-order valence-corrected chi connectivity index (χ4v) is 3.59. The lowest BCUT2D eigenvalue weighted by Crippen LogP contribution is -2.10. The zero-order valence-corrected chi connectivity index (χ0v) is 16.5. The Morgan fingerprint density at radius 3 is 1.89 bits per heavy atom. The highest BCUT2D eigenvalue weighted by Gasteiger charge is 2.16. The van der Waals surface area contributed by atoms with Crippen molar-refractivity contribution in [2.45, 2.75) is 13.3 Å². The molecule has 0 spiro atoms. The first-order valence-electron chi connectivity index (χ1n) is 10.1. The molecule has 0 aromatic heterocycles. The van der Waals surface area contributed by atoms with Crippen LogP contribution >= 0.6 is 0 Å². The second kappa shape index (κ2) is 8.90. The molecule has 3 aromatic carbocycles. The molecule has 4 rings (SSSR count). The minimum Gasteiger partial charge on any atom is -0.492 e. The molecule has 28 heavy (non-hydrogen) atoms. The zero-order valence-electron chi connectivity index (χ0n) is 16.5. The van der Waals surface area contributed by atoms with Crippen LogP contribution in [0.2, 0.25) is 0 Å². The highest BCUT2D eigenvalue weighted by molar-refractivity contribution is 5.98. The van der Waals surface area contributed by atoms with Crippen LogP contribution in [0, 0.1) is 0 Å². The summed E-state index contributed by atoms with van der Waals surface area (Å²) in [6.07, 6.45) is 0.975. The molecule has 2 heteroatoms. The molecule has 0 bridgehead atoms. The Labute approximate surface area is 168 Å². The van der Waals surface area contributed by atoms with E-state index >= 15 is 0 Å². The van der Waals surface area contributed by atoms with Crippen LogP contribution in [0.4, 0.5) is 0 Å². The van der Waals surface area contributed by atoms with Crippen LogP contribution in [0.25, 0.3) is 11.1 Å². The lowest BCUT2D eigenvalue weighted by atomic mass is 9.88. The summed E-state index contributed by atoms with van der Waals surface area (Å²) in [5.41, 5.74) is 6.42. The summed E-state index contributed by atoms with van der Waals surface area (Å²) in [6.45, 7) is 6.44. The third kappa shape index (κ3) is 4.52. The van der Waals surface area contributed by atoms with Crippen LogP contribution in [-0.4, -0.2) is 31.1 Å². The van der Waals surface area contributed by atoms with Gasteiger partial charge in [-0.15, -0.1) is 0 Å². The summed E-state index contributed by atoms with van der Waals surface area (Å²) >= 11 is 0. The zero-order chi connectivity index (χ0) is 19.2. The number of allylic oxidation sites excluding steroid dienone is 1. The third-order valence-electron chi connectivity index (χ3n) is 5.20. The van der Waals surface area contributed by atoms with Gasteiger partial charge in [-0.05, 0) is 46.4 Å². The van der Waals surface area contributed by atoms with Gasteiger partial charge in [0.2, 0.25) is 0 Å². The highest BCUT2D eigenvalue weighted by atomic mass is 16.5. The fraction of sp³-hybridized carbons (Fsp3) is 0.231. The van der Waals surface area contributed by atoms with Gasteiger partial charge in [-0.1, -0.05) is 79.7 Å². The molecule has 1 saturated heterocycles. The van der Waals surface area contributed by atoms with Crippen molar-refractivity contribution in [3.8, 4) is 5.75 Å². The Hall–Kier alpha value is -2.84. The van der Waals surface area contributed by atoms with E-state index in [-0.39, 0.29) is 0 Å². The molecule has 0 unspecified atom stereocenters. The smallest absolute Gasteiger partial charge is 0.119 e. The topological polar surface area (TPSA) is 12.2 Å². The van der Waals surface area contributed by atoms with Gasteiger partial charge in [0.25, 0.3) is 0 Å². The SMILES string of the molecule is CC/C(=C(/c1ccccc1)c1ccc(OCCN2CC2)cc1)c1ccccc1. The molecule has 0 amide bonds. The lowest BCUT2D eigenvalue weighted by molar-refractivity contribution is 0.292. The van der Waals surface area contributed by atoms with Crippen molar-refractivity contribution in [3.05, 3.63) is 102 Å². The summed E-state index contributed by atoms with van der Waals surface area (Å²) in [5.74, 6) is 0.941. The van der Waals surface area contributed by atoms with Crippen LogP contribution in [0.15, 0.2) is 84.9 Å². The number of rotatable bonds is 8. The molecular formula is C26H27NO. The third-order valence-corrected chi connectivity index (χ3v) is 5.20. The lowest BCUT2D eigenvalue weighted by Gasteiger charge is -2.17. The maximum atomic E-state index is 5.91. The van der Waals surface area contributed by atoms with Gasteiger partial charge in [-0.3, -0.25) is 4.90 Å². The van der Waals surface area contributed by atoms with Crippen molar-refractivity contribution in [1.82, 2.24) is 4.90 Å². The van der Waals surface area contributed by atoms with E-state index in [0.717, 1.165) is 25.3 Å². The number of nitrogens with zero attached hydrogens (tertiary/aromatic N) is 1. The molecule has 3 aromatic rings. The van der Waals surface area contributed by atoms with Gasteiger partial charge in [-0.25, -0.2) is 0 Å². The summed E-state index contributed by atoms with van der Waals surface area (Å²) in [7, 11) is 0. The predicted molar refractivity (Wildman–Crippen MR) is 117 cm³/mol. The first-order chi connectivity index (χ1) is 13.8. The van der Waals surface area contributed by atoms with Crippen molar-refractivity contribution < 1.29 is 4.74 Å². The molecule has 1 heterocycles. The second-order valence-corrected chi connectivity index (χ2v) is 7.15. The van der Waals surface area contributed by atoms with Gasteiger partial charge < -0.3 is 4.74 Å². The van der Waals surface area contributed by atoms with Gasteiger partial charge in [0.1, 0.15) is 12.4 Å². The van der Waals surface area contributed by atoms with Crippen molar-refractivity contribution in [3.63, 3.8) is 0 Å². The molecule has 0 atom stereocenters. The molecule has 0 N–H and O–H groups in total. The van der Waals surface area contributed by atoms with E-state index in [4.69, 9.17) is 4.74 Å². The van der Waals surface area contributed by atoms with Crippen molar-refractivity contribution in [1.29, 1.82) is 0 Å². The van der Waals surface area contributed by atoms with Crippen LogP contribution in [0.3, 0.4) is 0 Å². The number of hydrogen-bond donors (Lipinski definition) is 0. The Bertz CT molecular complexity index is 910. The van der Waals surface area contributed by atoms with Gasteiger partial charge in [-0.2, -0.15) is 0 Å². The maximum absolute atomic E-state index is 5.91. The van der Waals surface area contributed by atoms with E-state index in [1.165, 1.54) is 40.9 Å². The van der Waals surface area contributed by atoms with Gasteiger partial charge in [0, 0.05) is 19.6 Å². The largest absolute Gasteiger partial charge is 0.492 e. The normalized spacial score (nSPS) is 14.5. The molecule has 0 saturated carbocycles. The monoisotopic (exact) mass is 369 g/mol. The van der Waals surface area contributed by atoms with Crippen molar-refractivity contribution >= 4 is 11.1 Å². The van der Waals surface area contributed by atoms with Crippen LogP contribution in [0.5, 0.6) is 5.75 Å². The maximum Gasteiger partial charge on any atom is 0.119 e. The number of hydrogen-bond acceptors (Lipinski definition) is 2. The minimum absolute atomic E-state index is 0.755. The van der Waals surface area contributed by atoms with Gasteiger partial charge in [0.15, 0.2) is 0 Å². The fourth-order valence-electron chi connectivity index (χ4n) is 3.59. The Morgan fingerprint density at radius 2 is 1.32 bits per heavy atom. The van der Waals surface area contributed by atoms with Crippen LogP contribution in [0.1, 0.15) is 30.0 Å². The van der Waals surface area contributed by atoms with Crippen LogP contribution in [-0.2, 0) is 0 Å². The standard InChI is InChI=1S/C26H27NO/c1-2-25(21-9-5-3-6-10-21)26(22-11-7-4-8-12-22)23-13-15-24(16-14-23)28-20-19-27-17-18-27/h3-16H,2,17-20H2,1H3/b26-25+. The van der Waals surface area contributed by atoms with Gasteiger partial charge >= 0.3 is 0 Å². The summed E-state index contributed by atoms with van der Waals surface area (Å²) in [5, 5.41) is 0. The van der Waals surface area contributed by atoms with Crippen molar-refractivity contribution in [2.75, 3.05) is 26.2 Å². The molecule has 1 aliphatic heterocycles. The van der Waals surface area contributed by atoms with E-state index in [1.54, 1.807) is 0 Å². The molecular weight excluding hydrogens is 342 g/mol. The van der Waals surface area contributed by atoms with E-state index in [9.17, 15) is 0 Å².